The van der Waals surface area contributed by atoms with Gasteiger partial charge in [0.25, 0.3) is 0 Å². The number of aliphatic carboxylic acids is 1. The van der Waals surface area contributed by atoms with Gasteiger partial charge >= 0.3 is 5.97 Å². The molecular weight excluding hydrogens is 209 g/mol. The largest absolute Gasteiger partial charge is 0.480 e. The molecule has 0 bridgehead atoms. The molecular formula is C12H14FNO2. The summed E-state index contributed by atoms with van der Waals surface area (Å²) in [7, 11) is 0. The van der Waals surface area contributed by atoms with Crippen molar-refractivity contribution < 1.29 is 14.3 Å². The fourth-order valence-corrected chi connectivity index (χ4v) is 2.05. The highest BCUT2D eigenvalue weighted by Crippen LogP contribution is 2.36. The van der Waals surface area contributed by atoms with E-state index in [-0.39, 0.29) is 18.4 Å². The van der Waals surface area contributed by atoms with Gasteiger partial charge < -0.3 is 10.4 Å². The van der Waals surface area contributed by atoms with Gasteiger partial charge in [-0.15, -0.1) is 0 Å². The Morgan fingerprint density at radius 2 is 2.25 bits per heavy atom. The fraction of sp³-hybridized carbons (Fsp3) is 0.417. The van der Waals surface area contributed by atoms with Crippen LogP contribution in [0.15, 0.2) is 24.3 Å². The summed E-state index contributed by atoms with van der Waals surface area (Å²) in [6.45, 7) is 0.000533. The van der Waals surface area contributed by atoms with Gasteiger partial charge in [-0.3, -0.25) is 4.79 Å². The average molecular weight is 223 g/mol. The number of hydrogen-bond donors (Lipinski definition) is 2. The van der Waals surface area contributed by atoms with E-state index in [1.807, 2.05) is 6.07 Å². The van der Waals surface area contributed by atoms with Gasteiger partial charge in [-0.25, -0.2) is 4.39 Å². The molecule has 1 aliphatic carbocycles. The Balaban J connectivity index is 1.82. The average Bonchev–Trinajstić information content (AvgIpc) is 2.14. The monoisotopic (exact) mass is 223 g/mol. The van der Waals surface area contributed by atoms with Crippen LogP contribution in [0.3, 0.4) is 0 Å². The molecule has 0 aromatic heterocycles. The second kappa shape index (κ2) is 4.61. The Hall–Kier alpha value is -1.42. The lowest BCUT2D eigenvalue weighted by Crippen LogP contribution is -2.42. The van der Waals surface area contributed by atoms with Crippen LogP contribution < -0.4 is 5.32 Å². The third-order valence-corrected chi connectivity index (χ3v) is 3.00. The Bertz CT molecular complexity index is 388. The topological polar surface area (TPSA) is 49.3 Å². The molecule has 1 aromatic rings. The van der Waals surface area contributed by atoms with Crippen LogP contribution in [0, 0.1) is 5.82 Å². The minimum Gasteiger partial charge on any atom is -0.480 e. The predicted octanol–water partition coefficient (Wildman–Crippen LogP) is 1.75. The van der Waals surface area contributed by atoms with E-state index in [4.69, 9.17) is 5.11 Å². The molecule has 2 N–H and O–H groups in total. The van der Waals surface area contributed by atoms with Gasteiger partial charge in [0, 0.05) is 6.04 Å². The van der Waals surface area contributed by atoms with Gasteiger partial charge in [0.2, 0.25) is 0 Å². The van der Waals surface area contributed by atoms with Crippen LogP contribution in [0.5, 0.6) is 0 Å². The third kappa shape index (κ3) is 2.58. The molecule has 0 aliphatic heterocycles. The van der Waals surface area contributed by atoms with Crippen molar-refractivity contribution in [2.75, 3.05) is 6.54 Å². The molecule has 0 spiro atoms. The van der Waals surface area contributed by atoms with Crippen molar-refractivity contribution in [3.8, 4) is 0 Å². The Morgan fingerprint density at radius 3 is 2.88 bits per heavy atom. The number of carboxylic acid groups (broad SMARTS) is 1. The Labute approximate surface area is 93.3 Å². The van der Waals surface area contributed by atoms with Gasteiger partial charge in [0.1, 0.15) is 5.82 Å². The molecule has 0 saturated heterocycles. The van der Waals surface area contributed by atoms with Crippen molar-refractivity contribution >= 4 is 5.97 Å². The molecule has 1 fully saturated rings. The second-order valence-electron chi connectivity index (χ2n) is 4.19. The first-order valence-corrected chi connectivity index (χ1v) is 5.36. The van der Waals surface area contributed by atoms with E-state index in [1.54, 1.807) is 12.1 Å². The number of rotatable bonds is 4. The molecule has 86 valence electrons. The van der Waals surface area contributed by atoms with E-state index in [2.05, 4.69) is 5.32 Å². The summed E-state index contributed by atoms with van der Waals surface area (Å²) in [5, 5.41) is 11.4. The van der Waals surface area contributed by atoms with Crippen molar-refractivity contribution in [2.45, 2.75) is 24.8 Å². The molecule has 4 heteroatoms. The van der Waals surface area contributed by atoms with Crippen LogP contribution in [0.4, 0.5) is 4.39 Å². The number of benzene rings is 1. The van der Waals surface area contributed by atoms with Crippen molar-refractivity contribution in [3.05, 3.63) is 35.6 Å². The van der Waals surface area contributed by atoms with Crippen LogP contribution in [-0.4, -0.2) is 23.7 Å². The van der Waals surface area contributed by atoms with Crippen LogP contribution >= 0.6 is 0 Å². The smallest absolute Gasteiger partial charge is 0.317 e. The van der Waals surface area contributed by atoms with E-state index in [0.29, 0.717) is 5.92 Å². The zero-order chi connectivity index (χ0) is 11.5. The van der Waals surface area contributed by atoms with E-state index in [9.17, 15) is 9.18 Å². The molecule has 0 amide bonds. The molecule has 1 aromatic carbocycles. The lowest BCUT2D eigenvalue weighted by atomic mass is 9.76. The van der Waals surface area contributed by atoms with Crippen molar-refractivity contribution in [2.24, 2.45) is 0 Å². The highest BCUT2D eigenvalue weighted by molar-refractivity contribution is 5.69. The van der Waals surface area contributed by atoms with E-state index < -0.39 is 5.97 Å². The highest BCUT2D eigenvalue weighted by Gasteiger charge is 2.30. The normalized spacial score (nSPS) is 23.8. The minimum atomic E-state index is -0.839. The number of carboxylic acids is 1. The van der Waals surface area contributed by atoms with E-state index in [1.165, 1.54) is 6.07 Å². The lowest BCUT2D eigenvalue weighted by molar-refractivity contribution is -0.136. The summed E-state index contributed by atoms with van der Waals surface area (Å²) in [4.78, 5) is 10.3. The quantitative estimate of drug-likeness (QED) is 0.817. The number of hydrogen-bond acceptors (Lipinski definition) is 2. The molecule has 0 unspecified atom stereocenters. The molecule has 1 saturated carbocycles. The van der Waals surface area contributed by atoms with Gasteiger partial charge in [0.05, 0.1) is 6.54 Å². The summed E-state index contributed by atoms with van der Waals surface area (Å²) >= 11 is 0. The van der Waals surface area contributed by atoms with Gasteiger partial charge in [-0.1, -0.05) is 12.1 Å². The van der Waals surface area contributed by atoms with E-state index in [0.717, 1.165) is 18.4 Å². The summed E-state index contributed by atoms with van der Waals surface area (Å²) in [6, 6.07) is 6.87. The first-order chi connectivity index (χ1) is 7.65. The number of nitrogens with one attached hydrogen (secondary N) is 1. The molecule has 16 heavy (non-hydrogen) atoms. The van der Waals surface area contributed by atoms with Crippen molar-refractivity contribution in [1.82, 2.24) is 5.32 Å². The molecule has 3 nitrogen and oxygen atoms in total. The molecule has 0 atom stereocenters. The Morgan fingerprint density at radius 1 is 1.50 bits per heavy atom. The maximum Gasteiger partial charge on any atom is 0.317 e. The van der Waals surface area contributed by atoms with Gasteiger partial charge in [0.15, 0.2) is 0 Å². The Kier molecular flexibility index (Phi) is 3.19. The number of halogens is 1. The maximum absolute atomic E-state index is 12.9. The van der Waals surface area contributed by atoms with Gasteiger partial charge in [-0.05, 0) is 36.5 Å². The van der Waals surface area contributed by atoms with Gasteiger partial charge in [-0.2, -0.15) is 0 Å². The summed E-state index contributed by atoms with van der Waals surface area (Å²) in [5.41, 5.74) is 1.01. The zero-order valence-electron chi connectivity index (χ0n) is 8.82. The second-order valence-corrected chi connectivity index (χ2v) is 4.19. The van der Waals surface area contributed by atoms with E-state index >= 15 is 0 Å². The molecule has 1 aliphatic rings. The standard InChI is InChI=1S/C12H14FNO2/c13-10-3-1-2-8(4-10)9-5-11(6-9)14-7-12(15)16/h1-4,9,11,14H,5-7H2,(H,15,16). The van der Waals surface area contributed by atoms with Crippen molar-refractivity contribution in [3.63, 3.8) is 0 Å². The highest BCUT2D eigenvalue weighted by atomic mass is 19.1. The summed E-state index contributed by atoms with van der Waals surface area (Å²) < 4.78 is 12.9. The van der Waals surface area contributed by atoms with Crippen LogP contribution in [0.2, 0.25) is 0 Å². The summed E-state index contributed by atoms with van der Waals surface area (Å²) in [6.07, 6.45) is 1.77. The van der Waals surface area contributed by atoms with Crippen LogP contribution in [0.1, 0.15) is 24.3 Å². The maximum atomic E-state index is 12.9. The SMILES string of the molecule is O=C(O)CNC1CC(c2cccc(F)c2)C1. The summed E-state index contributed by atoms with van der Waals surface area (Å²) in [5.74, 6) is -0.685. The molecule has 0 heterocycles. The molecule has 2 rings (SSSR count). The minimum absolute atomic E-state index is 0.000533. The first kappa shape index (κ1) is 11.1. The molecule has 0 radical (unpaired) electrons. The van der Waals surface area contributed by atoms with Crippen LogP contribution in [-0.2, 0) is 4.79 Å². The third-order valence-electron chi connectivity index (χ3n) is 3.00. The number of carbonyl (C=O) groups is 1. The first-order valence-electron chi connectivity index (χ1n) is 5.36. The fourth-order valence-electron chi connectivity index (χ4n) is 2.05. The zero-order valence-corrected chi connectivity index (χ0v) is 8.82. The van der Waals surface area contributed by atoms with Crippen molar-refractivity contribution in [1.29, 1.82) is 0 Å². The lowest BCUT2D eigenvalue weighted by Gasteiger charge is -2.36. The predicted molar refractivity (Wildman–Crippen MR) is 57.8 cm³/mol. The van der Waals surface area contributed by atoms with Crippen LogP contribution in [0.25, 0.3) is 0 Å².